The van der Waals surface area contributed by atoms with Crippen molar-refractivity contribution in [3.8, 4) is 0 Å². The number of carbonyl (C=O) groups excluding carboxylic acids is 2. The minimum atomic E-state index is -0.329. The molecule has 2 amide bonds. The van der Waals surface area contributed by atoms with Crippen LogP contribution < -0.4 is 20.7 Å². The molecule has 0 aliphatic carbocycles. The first kappa shape index (κ1) is 14.7. The van der Waals surface area contributed by atoms with E-state index in [0.717, 1.165) is 11.4 Å². The average molecular weight is 326 g/mol. The van der Waals surface area contributed by atoms with Crippen LogP contribution in [0.15, 0.2) is 34.5 Å². The number of para-hydroxylation sites is 2. The van der Waals surface area contributed by atoms with Gasteiger partial charge in [0.25, 0.3) is 11.8 Å². The molecule has 2 atom stereocenters. The summed E-state index contributed by atoms with van der Waals surface area (Å²) in [5.74, 6) is -0.0382. The molecule has 8 nitrogen and oxygen atoms in total. The average Bonchev–Trinajstić information content (AvgIpc) is 3.33. The van der Waals surface area contributed by atoms with E-state index >= 15 is 0 Å². The van der Waals surface area contributed by atoms with E-state index in [-0.39, 0.29) is 23.9 Å². The molecular formula is C16H18N6O2. The Bertz CT molecular complexity index is 654. The van der Waals surface area contributed by atoms with Crippen molar-refractivity contribution >= 4 is 35.6 Å². The molecule has 0 aromatic heterocycles. The summed E-state index contributed by atoms with van der Waals surface area (Å²) < 4.78 is 0. The van der Waals surface area contributed by atoms with E-state index in [9.17, 15) is 9.59 Å². The smallest absolute Gasteiger partial charge is 0.251 e. The van der Waals surface area contributed by atoms with Crippen LogP contribution in [0, 0.1) is 0 Å². The lowest BCUT2D eigenvalue weighted by atomic mass is 10.1. The first-order chi connectivity index (χ1) is 11.8. The third kappa shape index (κ3) is 2.40. The Morgan fingerprint density at radius 1 is 0.875 bits per heavy atom. The molecule has 3 heterocycles. The van der Waals surface area contributed by atoms with Gasteiger partial charge in [-0.1, -0.05) is 12.1 Å². The number of nitrogens with one attached hydrogen (secondary N) is 2. The molecule has 0 bridgehead atoms. The molecule has 4 rings (SSSR count). The Hall–Kier alpha value is -2.90. The molecular weight excluding hydrogens is 308 g/mol. The maximum atomic E-state index is 12.7. The Morgan fingerprint density at radius 3 is 1.71 bits per heavy atom. The topological polar surface area (TPSA) is 89.4 Å². The zero-order valence-corrected chi connectivity index (χ0v) is 13.1. The molecule has 2 N–H and O–H groups in total. The largest absolute Gasteiger partial charge is 0.307 e. The van der Waals surface area contributed by atoms with Gasteiger partial charge in [0.15, 0.2) is 0 Å². The predicted molar refractivity (Wildman–Crippen MR) is 91.2 cm³/mol. The van der Waals surface area contributed by atoms with Gasteiger partial charge in [-0.25, -0.2) is 0 Å². The SMILES string of the molecule is O=C(C1CC=NN1)N1CCN(C(=O)C2CC=NN2)c2ccccc21. The fourth-order valence-electron chi connectivity index (χ4n) is 3.21. The van der Waals surface area contributed by atoms with Gasteiger partial charge in [-0.3, -0.25) is 20.4 Å². The van der Waals surface area contributed by atoms with E-state index in [1.165, 1.54) is 0 Å². The number of hydrogen-bond acceptors (Lipinski definition) is 6. The Morgan fingerprint density at radius 2 is 1.33 bits per heavy atom. The van der Waals surface area contributed by atoms with Crippen molar-refractivity contribution in [3.63, 3.8) is 0 Å². The molecule has 0 saturated carbocycles. The highest BCUT2D eigenvalue weighted by Gasteiger charge is 2.35. The second-order valence-corrected chi connectivity index (χ2v) is 5.93. The number of rotatable bonds is 2. The molecule has 3 aliphatic heterocycles. The van der Waals surface area contributed by atoms with E-state index in [1.54, 1.807) is 22.2 Å². The molecule has 8 heteroatoms. The van der Waals surface area contributed by atoms with Crippen LogP contribution in [-0.2, 0) is 9.59 Å². The number of fused-ring (bicyclic) bond motifs is 1. The van der Waals surface area contributed by atoms with Gasteiger partial charge in [0.05, 0.1) is 11.4 Å². The van der Waals surface area contributed by atoms with Crippen molar-refractivity contribution in [3.05, 3.63) is 24.3 Å². The molecule has 124 valence electrons. The Kier molecular flexibility index (Phi) is 3.64. The Balaban J connectivity index is 1.60. The van der Waals surface area contributed by atoms with E-state index in [4.69, 9.17) is 0 Å². The maximum Gasteiger partial charge on any atom is 0.251 e. The van der Waals surface area contributed by atoms with Gasteiger partial charge in [0, 0.05) is 38.4 Å². The summed E-state index contributed by atoms with van der Waals surface area (Å²) in [5, 5.41) is 7.85. The van der Waals surface area contributed by atoms with Crippen molar-refractivity contribution in [2.45, 2.75) is 24.9 Å². The summed E-state index contributed by atoms with van der Waals surface area (Å²) in [5.41, 5.74) is 7.19. The summed E-state index contributed by atoms with van der Waals surface area (Å²) >= 11 is 0. The van der Waals surface area contributed by atoms with Crippen LogP contribution in [0.3, 0.4) is 0 Å². The fraction of sp³-hybridized carbons (Fsp3) is 0.375. The van der Waals surface area contributed by atoms with Crippen LogP contribution in [-0.4, -0.2) is 49.4 Å². The molecule has 0 saturated heterocycles. The maximum absolute atomic E-state index is 12.7. The quantitative estimate of drug-likeness (QED) is 0.804. The molecule has 3 aliphatic rings. The van der Waals surface area contributed by atoms with Crippen LogP contribution in [0.25, 0.3) is 0 Å². The first-order valence-corrected chi connectivity index (χ1v) is 8.01. The highest BCUT2D eigenvalue weighted by Crippen LogP contribution is 2.34. The van der Waals surface area contributed by atoms with Gasteiger partial charge >= 0.3 is 0 Å². The lowest BCUT2D eigenvalue weighted by molar-refractivity contribution is -0.122. The van der Waals surface area contributed by atoms with E-state index in [0.29, 0.717) is 25.9 Å². The summed E-state index contributed by atoms with van der Waals surface area (Å²) in [7, 11) is 0. The summed E-state index contributed by atoms with van der Waals surface area (Å²) in [4.78, 5) is 29.0. The number of anilines is 2. The highest BCUT2D eigenvalue weighted by atomic mass is 16.2. The van der Waals surface area contributed by atoms with Crippen molar-refractivity contribution in [2.75, 3.05) is 22.9 Å². The van der Waals surface area contributed by atoms with Gasteiger partial charge < -0.3 is 9.80 Å². The zero-order chi connectivity index (χ0) is 16.5. The number of amides is 2. The van der Waals surface area contributed by atoms with E-state index < -0.39 is 0 Å². The van der Waals surface area contributed by atoms with Crippen LogP contribution >= 0.6 is 0 Å². The third-order valence-corrected chi connectivity index (χ3v) is 4.46. The van der Waals surface area contributed by atoms with Crippen molar-refractivity contribution in [2.24, 2.45) is 10.2 Å². The minimum Gasteiger partial charge on any atom is -0.307 e. The number of hydrazone groups is 2. The number of carbonyl (C=O) groups is 2. The van der Waals surface area contributed by atoms with Crippen LogP contribution in [0.5, 0.6) is 0 Å². The fourth-order valence-corrected chi connectivity index (χ4v) is 3.21. The normalized spacial score (nSPS) is 24.5. The molecule has 2 unspecified atom stereocenters. The van der Waals surface area contributed by atoms with Gasteiger partial charge in [-0.05, 0) is 12.1 Å². The third-order valence-electron chi connectivity index (χ3n) is 4.46. The Labute approximate surface area is 139 Å². The van der Waals surface area contributed by atoms with Crippen LogP contribution in [0.4, 0.5) is 11.4 Å². The van der Waals surface area contributed by atoms with E-state index in [2.05, 4.69) is 21.1 Å². The molecule has 0 spiro atoms. The van der Waals surface area contributed by atoms with Gasteiger partial charge in [-0.15, -0.1) is 0 Å². The molecule has 0 radical (unpaired) electrons. The minimum absolute atomic E-state index is 0.0191. The molecule has 24 heavy (non-hydrogen) atoms. The van der Waals surface area contributed by atoms with Crippen molar-refractivity contribution < 1.29 is 9.59 Å². The second kappa shape index (κ2) is 5.95. The lowest BCUT2D eigenvalue weighted by Gasteiger charge is -2.38. The van der Waals surface area contributed by atoms with Gasteiger partial charge in [0.1, 0.15) is 12.1 Å². The standard InChI is InChI=1S/C16H18N6O2/c23-15(11-5-7-17-19-11)21-9-10-22(14-4-2-1-3-13(14)21)16(24)12-6-8-18-20-12/h1-4,7-8,11-12,19-20H,5-6,9-10H2. The van der Waals surface area contributed by atoms with Crippen molar-refractivity contribution in [1.82, 2.24) is 10.9 Å². The number of hydrogen-bond donors (Lipinski definition) is 2. The van der Waals surface area contributed by atoms with Gasteiger partial charge in [-0.2, -0.15) is 10.2 Å². The first-order valence-electron chi connectivity index (χ1n) is 8.01. The zero-order valence-electron chi connectivity index (χ0n) is 13.1. The monoisotopic (exact) mass is 326 g/mol. The van der Waals surface area contributed by atoms with Crippen molar-refractivity contribution in [1.29, 1.82) is 0 Å². The summed E-state index contributed by atoms with van der Waals surface area (Å²) in [6.45, 7) is 0.931. The predicted octanol–water partition coefficient (Wildman–Crippen LogP) is 0.0616. The van der Waals surface area contributed by atoms with Crippen LogP contribution in [0.1, 0.15) is 12.8 Å². The summed E-state index contributed by atoms with van der Waals surface area (Å²) in [6.07, 6.45) is 4.59. The highest BCUT2D eigenvalue weighted by molar-refractivity contribution is 6.07. The number of benzene rings is 1. The van der Waals surface area contributed by atoms with E-state index in [1.807, 2.05) is 24.3 Å². The lowest BCUT2D eigenvalue weighted by Crippen LogP contribution is -2.53. The molecule has 0 fully saturated rings. The van der Waals surface area contributed by atoms with Gasteiger partial charge in [0.2, 0.25) is 0 Å². The molecule has 1 aromatic rings. The number of nitrogens with zero attached hydrogens (tertiary/aromatic N) is 4. The second-order valence-electron chi connectivity index (χ2n) is 5.93. The molecule has 1 aromatic carbocycles. The van der Waals surface area contributed by atoms with Crippen LogP contribution in [0.2, 0.25) is 0 Å². The summed E-state index contributed by atoms with van der Waals surface area (Å²) in [6, 6.07) is 6.85.